The van der Waals surface area contributed by atoms with Crippen molar-refractivity contribution in [2.45, 2.75) is 45.1 Å². The van der Waals surface area contributed by atoms with Crippen molar-refractivity contribution >= 4 is 28.2 Å². The highest BCUT2D eigenvalue weighted by Crippen LogP contribution is 2.36. The number of fused-ring (bicyclic) bond motifs is 1. The van der Waals surface area contributed by atoms with Crippen LogP contribution in [0.3, 0.4) is 0 Å². The van der Waals surface area contributed by atoms with Crippen molar-refractivity contribution in [3.63, 3.8) is 0 Å². The number of rotatable bonds is 5. The van der Waals surface area contributed by atoms with Crippen LogP contribution in [0.5, 0.6) is 5.75 Å². The standard InChI is InChI=1S/C23H25N5O2/c1-4-15-5-7-19(8-6-15)28-14-17-10-21(22(30-3)11-20(17)27-28)26-23(29)16-9-18(24-2)13-25-12-16/h9-15,19H,4-8H2,1,3H3,(H,26,29). The van der Waals surface area contributed by atoms with Gasteiger partial charge in [0.2, 0.25) is 5.69 Å². The molecule has 0 unspecified atom stereocenters. The maximum absolute atomic E-state index is 12.7. The Morgan fingerprint density at radius 3 is 2.77 bits per heavy atom. The summed E-state index contributed by atoms with van der Waals surface area (Å²) in [6.07, 6.45) is 11.0. The Balaban J connectivity index is 1.59. The van der Waals surface area contributed by atoms with Gasteiger partial charge in [-0.2, -0.15) is 5.10 Å². The molecule has 4 rings (SSSR count). The fourth-order valence-electron chi connectivity index (χ4n) is 4.15. The number of ether oxygens (including phenoxy) is 1. The number of hydrogen-bond donors (Lipinski definition) is 1. The maximum Gasteiger partial charge on any atom is 0.256 e. The Hall–Kier alpha value is -3.40. The molecule has 1 amide bonds. The van der Waals surface area contributed by atoms with Crippen LogP contribution < -0.4 is 10.1 Å². The third kappa shape index (κ3) is 3.99. The summed E-state index contributed by atoms with van der Waals surface area (Å²) in [7, 11) is 1.57. The van der Waals surface area contributed by atoms with E-state index in [0.717, 1.165) is 29.7 Å². The van der Waals surface area contributed by atoms with E-state index in [-0.39, 0.29) is 5.91 Å². The lowest BCUT2D eigenvalue weighted by Crippen LogP contribution is -2.18. The topological polar surface area (TPSA) is 73.4 Å². The van der Waals surface area contributed by atoms with E-state index in [9.17, 15) is 4.79 Å². The summed E-state index contributed by atoms with van der Waals surface area (Å²) in [5.74, 6) is 1.05. The Labute approximate surface area is 175 Å². The van der Waals surface area contributed by atoms with Gasteiger partial charge in [-0.1, -0.05) is 13.3 Å². The second kappa shape index (κ2) is 8.54. The molecule has 1 fully saturated rings. The maximum atomic E-state index is 12.7. The van der Waals surface area contributed by atoms with Crippen LogP contribution >= 0.6 is 0 Å². The van der Waals surface area contributed by atoms with Gasteiger partial charge >= 0.3 is 0 Å². The molecule has 1 aliphatic rings. The zero-order chi connectivity index (χ0) is 21.1. The van der Waals surface area contributed by atoms with E-state index in [2.05, 4.69) is 32.9 Å². The van der Waals surface area contributed by atoms with E-state index in [1.54, 1.807) is 7.11 Å². The molecule has 2 heterocycles. The molecule has 2 aromatic heterocycles. The summed E-state index contributed by atoms with van der Waals surface area (Å²) in [5.41, 5.74) is 2.06. The highest BCUT2D eigenvalue weighted by Gasteiger charge is 2.22. The van der Waals surface area contributed by atoms with Gasteiger partial charge in [-0.05, 0) is 43.7 Å². The zero-order valence-electron chi connectivity index (χ0n) is 17.3. The van der Waals surface area contributed by atoms with Crippen molar-refractivity contribution in [3.8, 4) is 5.75 Å². The van der Waals surface area contributed by atoms with Crippen molar-refractivity contribution in [2.24, 2.45) is 5.92 Å². The fourth-order valence-corrected chi connectivity index (χ4v) is 4.15. The smallest absolute Gasteiger partial charge is 0.256 e. The van der Waals surface area contributed by atoms with Crippen LogP contribution in [0.15, 0.2) is 36.8 Å². The van der Waals surface area contributed by atoms with Crippen LogP contribution in [0.1, 0.15) is 55.4 Å². The van der Waals surface area contributed by atoms with Gasteiger partial charge in [-0.15, -0.1) is 0 Å². The minimum Gasteiger partial charge on any atom is -0.494 e. The van der Waals surface area contributed by atoms with Gasteiger partial charge in [0.25, 0.3) is 5.91 Å². The van der Waals surface area contributed by atoms with Crippen LogP contribution in [-0.4, -0.2) is 27.8 Å². The summed E-state index contributed by atoms with van der Waals surface area (Å²) in [4.78, 5) is 20.0. The van der Waals surface area contributed by atoms with Crippen molar-refractivity contribution in [1.82, 2.24) is 14.8 Å². The molecule has 0 bridgehead atoms. The zero-order valence-corrected chi connectivity index (χ0v) is 17.3. The molecule has 1 N–H and O–H groups in total. The van der Waals surface area contributed by atoms with Crippen LogP contribution in [0.25, 0.3) is 15.7 Å². The number of carbonyl (C=O) groups excluding carboxylic acids is 1. The van der Waals surface area contributed by atoms with Gasteiger partial charge in [0.05, 0.1) is 30.9 Å². The van der Waals surface area contributed by atoms with Gasteiger partial charge < -0.3 is 10.1 Å². The molecule has 30 heavy (non-hydrogen) atoms. The van der Waals surface area contributed by atoms with Crippen LogP contribution in [-0.2, 0) is 0 Å². The first-order valence-corrected chi connectivity index (χ1v) is 10.3. The van der Waals surface area contributed by atoms with Crippen molar-refractivity contribution in [3.05, 3.63) is 53.8 Å². The summed E-state index contributed by atoms with van der Waals surface area (Å²) in [5, 5.41) is 8.61. The van der Waals surface area contributed by atoms with Crippen molar-refractivity contribution in [1.29, 1.82) is 0 Å². The second-order valence-electron chi connectivity index (χ2n) is 7.80. The Kier molecular flexibility index (Phi) is 5.66. The summed E-state index contributed by atoms with van der Waals surface area (Å²) >= 11 is 0. The number of amides is 1. The fraction of sp³-hybridized carbons (Fsp3) is 0.391. The summed E-state index contributed by atoms with van der Waals surface area (Å²) in [6.45, 7) is 9.36. The monoisotopic (exact) mass is 403 g/mol. The second-order valence-corrected chi connectivity index (χ2v) is 7.80. The first-order valence-electron chi connectivity index (χ1n) is 10.3. The lowest BCUT2D eigenvalue weighted by molar-refractivity contribution is 0.102. The lowest BCUT2D eigenvalue weighted by atomic mass is 9.85. The molecular weight excluding hydrogens is 378 g/mol. The Morgan fingerprint density at radius 2 is 2.07 bits per heavy atom. The molecule has 7 heteroatoms. The molecule has 154 valence electrons. The lowest BCUT2D eigenvalue weighted by Gasteiger charge is -2.27. The third-order valence-corrected chi connectivity index (χ3v) is 5.97. The molecule has 0 saturated heterocycles. The molecular formula is C23H25N5O2. The van der Waals surface area contributed by atoms with Crippen molar-refractivity contribution in [2.75, 3.05) is 12.4 Å². The van der Waals surface area contributed by atoms with E-state index in [1.165, 1.54) is 37.7 Å². The minimum atomic E-state index is -0.337. The first-order chi connectivity index (χ1) is 14.6. The van der Waals surface area contributed by atoms with E-state index in [1.807, 2.05) is 12.1 Å². The number of hydrogen-bond acceptors (Lipinski definition) is 4. The predicted octanol–water partition coefficient (Wildman–Crippen LogP) is 5.38. The molecule has 3 aromatic rings. The summed E-state index contributed by atoms with van der Waals surface area (Å²) < 4.78 is 7.56. The van der Waals surface area contributed by atoms with Gasteiger partial charge in [0, 0.05) is 35.6 Å². The van der Waals surface area contributed by atoms with Crippen LogP contribution in [0.4, 0.5) is 11.4 Å². The van der Waals surface area contributed by atoms with Gasteiger partial charge in [0.1, 0.15) is 5.75 Å². The third-order valence-electron chi connectivity index (χ3n) is 5.97. The first kappa shape index (κ1) is 19.9. The molecule has 1 aromatic carbocycles. The quantitative estimate of drug-likeness (QED) is 0.580. The van der Waals surface area contributed by atoms with Gasteiger partial charge in [-0.3, -0.25) is 14.5 Å². The molecule has 0 atom stereocenters. The molecule has 1 saturated carbocycles. The average Bonchev–Trinajstić information content (AvgIpc) is 3.21. The highest BCUT2D eigenvalue weighted by molar-refractivity contribution is 6.06. The SMILES string of the molecule is [C-]#[N+]c1cncc(C(=O)Nc2cc3cn(C4CCC(CC)CC4)nc3cc2OC)c1. The number of nitrogens with zero attached hydrogens (tertiary/aromatic N) is 4. The number of pyridine rings is 1. The van der Waals surface area contributed by atoms with E-state index < -0.39 is 0 Å². The van der Waals surface area contributed by atoms with E-state index in [4.69, 9.17) is 16.4 Å². The van der Waals surface area contributed by atoms with Gasteiger partial charge in [-0.25, -0.2) is 4.85 Å². The molecule has 1 aliphatic carbocycles. The van der Waals surface area contributed by atoms with Crippen molar-refractivity contribution < 1.29 is 9.53 Å². The Bertz CT molecular complexity index is 1110. The number of methoxy groups -OCH3 is 1. The molecule has 0 radical (unpaired) electrons. The predicted molar refractivity (Wildman–Crippen MR) is 116 cm³/mol. The number of nitrogens with one attached hydrogen (secondary N) is 1. The molecule has 0 spiro atoms. The largest absolute Gasteiger partial charge is 0.494 e. The van der Waals surface area contributed by atoms with Gasteiger partial charge in [0.15, 0.2) is 0 Å². The number of aromatic nitrogens is 3. The number of anilines is 1. The number of benzene rings is 1. The van der Waals surface area contributed by atoms with Crippen LogP contribution in [0.2, 0.25) is 0 Å². The number of carbonyl (C=O) groups is 1. The van der Waals surface area contributed by atoms with Crippen LogP contribution in [0, 0.1) is 12.5 Å². The minimum absolute atomic E-state index is 0.323. The Morgan fingerprint density at radius 1 is 1.27 bits per heavy atom. The molecule has 0 aliphatic heterocycles. The summed E-state index contributed by atoms with van der Waals surface area (Å²) in [6, 6.07) is 5.68. The highest BCUT2D eigenvalue weighted by atomic mass is 16.5. The van der Waals surface area contributed by atoms with E-state index >= 15 is 0 Å². The normalized spacial score (nSPS) is 18.7. The average molecular weight is 403 g/mol. The molecule has 7 nitrogen and oxygen atoms in total. The van der Waals surface area contributed by atoms with E-state index in [0.29, 0.717) is 28.7 Å².